The fourth-order valence-corrected chi connectivity index (χ4v) is 3.92. The minimum Gasteiger partial charge on any atom is -0.397 e. The predicted octanol–water partition coefficient (Wildman–Crippen LogP) is 2.02. The van der Waals surface area contributed by atoms with E-state index in [0.29, 0.717) is 5.69 Å². The number of halogens is 2. The third kappa shape index (κ3) is 2.24. The summed E-state index contributed by atoms with van der Waals surface area (Å²) in [5, 5.41) is 6.23. The van der Waals surface area contributed by atoms with E-state index < -0.39 is 9.84 Å². The third-order valence-corrected chi connectivity index (χ3v) is 5.25. The van der Waals surface area contributed by atoms with Gasteiger partial charge in [0.15, 0.2) is 5.82 Å². The molecule has 1 aromatic heterocycles. The largest absolute Gasteiger partial charge is 0.397 e. The Kier molecular flexibility index (Phi) is 3.38. The number of nitrogen functional groups attached to an aromatic ring is 2. The Hall–Kier alpha value is -1.44. The van der Waals surface area contributed by atoms with Crippen LogP contribution in [0, 0.1) is 6.92 Å². The van der Waals surface area contributed by atoms with Gasteiger partial charge < -0.3 is 11.5 Å². The summed E-state index contributed by atoms with van der Waals surface area (Å²) in [4.78, 5) is -0.278. The number of hydrogen-bond donors (Lipinski definition) is 3. The van der Waals surface area contributed by atoms with Crippen molar-refractivity contribution in [3.05, 3.63) is 27.9 Å². The molecule has 9 heteroatoms. The molecule has 0 aliphatic heterocycles. The number of rotatable bonds is 2. The number of H-pyrrole nitrogens is 1. The number of aryl methyl sites for hydroxylation is 1. The highest BCUT2D eigenvalue weighted by atomic mass is 35.5. The maximum absolute atomic E-state index is 12.5. The number of benzene rings is 1. The molecule has 2 aromatic rings. The zero-order valence-corrected chi connectivity index (χ0v) is 12.1. The van der Waals surface area contributed by atoms with E-state index in [0.717, 1.165) is 0 Å². The van der Waals surface area contributed by atoms with Gasteiger partial charge in [-0.25, -0.2) is 8.42 Å². The number of aromatic amines is 1. The van der Waals surface area contributed by atoms with Crippen LogP contribution in [0.2, 0.25) is 10.0 Å². The van der Waals surface area contributed by atoms with Crippen molar-refractivity contribution >= 4 is 44.5 Å². The van der Waals surface area contributed by atoms with E-state index in [4.69, 9.17) is 34.7 Å². The fourth-order valence-electron chi connectivity index (χ4n) is 1.64. The van der Waals surface area contributed by atoms with E-state index in [1.54, 1.807) is 6.92 Å². The van der Waals surface area contributed by atoms with Crippen LogP contribution in [0.5, 0.6) is 0 Å². The second kappa shape index (κ2) is 4.59. The van der Waals surface area contributed by atoms with Gasteiger partial charge in [-0.2, -0.15) is 5.10 Å². The van der Waals surface area contributed by atoms with E-state index in [-0.39, 0.29) is 31.3 Å². The number of nitrogens with one attached hydrogen (secondary N) is 1. The minimum absolute atomic E-state index is 0.0260. The molecule has 0 unspecified atom stereocenters. The lowest BCUT2D eigenvalue weighted by Crippen LogP contribution is -2.07. The van der Waals surface area contributed by atoms with E-state index in [1.807, 2.05) is 0 Å². The number of hydrogen-bond acceptors (Lipinski definition) is 5. The standard InChI is InChI=1S/C10H10Cl2N4O2S/c1-4-9(10(14)16-15-4)19(17,18)8-3-5(11)7(13)2-6(8)12/h2-3H,13H2,1H3,(H3,14,15,16). The van der Waals surface area contributed by atoms with E-state index >= 15 is 0 Å². The summed E-state index contributed by atoms with van der Waals surface area (Å²) in [5.41, 5.74) is 11.6. The van der Waals surface area contributed by atoms with Crippen LogP contribution in [0.3, 0.4) is 0 Å². The normalized spacial score (nSPS) is 11.7. The molecule has 102 valence electrons. The highest BCUT2D eigenvalue weighted by molar-refractivity contribution is 7.91. The molecule has 0 radical (unpaired) electrons. The van der Waals surface area contributed by atoms with Crippen molar-refractivity contribution in [3.63, 3.8) is 0 Å². The van der Waals surface area contributed by atoms with Gasteiger partial charge in [0.1, 0.15) is 4.90 Å². The van der Waals surface area contributed by atoms with Crippen molar-refractivity contribution in [2.45, 2.75) is 16.7 Å². The third-order valence-electron chi connectivity index (χ3n) is 2.53. The lowest BCUT2D eigenvalue weighted by Gasteiger charge is -2.08. The van der Waals surface area contributed by atoms with E-state index in [1.165, 1.54) is 12.1 Å². The molecule has 6 nitrogen and oxygen atoms in total. The first-order valence-electron chi connectivity index (χ1n) is 5.05. The SMILES string of the molecule is Cc1[nH]nc(N)c1S(=O)(=O)c1cc(Cl)c(N)cc1Cl. The molecular formula is C10H10Cl2N4O2S. The predicted molar refractivity (Wildman–Crippen MR) is 74.1 cm³/mol. The number of anilines is 2. The van der Waals surface area contributed by atoms with Gasteiger partial charge in [0.2, 0.25) is 9.84 Å². The number of aromatic nitrogens is 2. The molecule has 2 rings (SSSR count). The van der Waals surface area contributed by atoms with Crippen LogP contribution in [0.25, 0.3) is 0 Å². The Bertz CT molecular complexity index is 736. The Morgan fingerprint density at radius 3 is 2.37 bits per heavy atom. The first kappa shape index (κ1) is 14.0. The zero-order chi connectivity index (χ0) is 14.4. The summed E-state index contributed by atoms with van der Waals surface area (Å²) in [6.07, 6.45) is 0. The lowest BCUT2D eigenvalue weighted by molar-refractivity contribution is 0.596. The highest BCUT2D eigenvalue weighted by Crippen LogP contribution is 2.35. The molecule has 0 saturated heterocycles. The van der Waals surface area contributed by atoms with Crippen LogP contribution in [0.4, 0.5) is 11.5 Å². The Morgan fingerprint density at radius 2 is 1.84 bits per heavy atom. The van der Waals surface area contributed by atoms with Crippen LogP contribution in [0.1, 0.15) is 5.69 Å². The zero-order valence-electron chi connectivity index (χ0n) is 9.74. The van der Waals surface area contributed by atoms with Crippen molar-refractivity contribution in [2.75, 3.05) is 11.5 Å². The highest BCUT2D eigenvalue weighted by Gasteiger charge is 2.28. The van der Waals surface area contributed by atoms with E-state index in [9.17, 15) is 8.42 Å². The van der Waals surface area contributed by atoms with Crippen LogP contribution in [-0.2, 0) is 9.84 Å². The molecular weight excluding hydrogens is 311 g/mol. The molecule has 1 heterocycles. The molecule has 19 heavy (non-hydrogen) atoms. The second-order valence-electron chi connectivity index (χ2n) is 3.87. The molecule has 0 aliphatic carbocycles. The van der Waals surface area contributed by atoms with Crippen molar-refractivity contribution in [2.24, 2.45) is 0 Å². The average molecular weight is 321 g/mol. The van der Waals surface area contributed by atoms with Crippen LogP contribution < -0.4 is 11.5 Å². The smallest absolute Gasteiger partial charge is 0.213 e. The maximum Gasteiger partial charge on any atom is 0.213 e. The molecule has 5 N–H and O–H groups in total. The fraction of sp³-hybridized carbons (Fsp3) is 0.100. The Labute approximate surface area is 119 Å². The van der Waals surface area contributed by atoms with Gasteiger partial charge in [0.25, 0.3) is 0 Å². The van der Waals surface area contributed by atoms with Crippen LogP contribution >= 0.6 is 23.2 Å². The van der Waals surface area contributed by atoms with Gasteiger partial charge in [-0.3, -0.25) is 5.10 Å². The number of sulfone groups is 1. The molecule has 0 fully saturated rings. The van der Waals surface area contributed by atoms with Crippen molar-refractivity contribution in [3.8, 4) is 0 Å². The van der Waals surface area contributed by atoms with Gasteiger partial charge in [0, 0.05) is 0 Å². The summed E-state index contributed by atoms with van der Waals surface area (Å²) < 4.78 is 25.0. The maximum atomic E-state index is 12.5. The van der Waals surface area contributed by atoms with Gasteiger partial charge in [-0.15, -0.1) is 0 Å². The van der Waals surface area contributed by atoms with Crippen molar-refractivity contribution < 1.29 is 8.42 Å². The summed E-state index contributed by atoms with van der Waals surface area (Å²) in [6.45, 7) is 1.54. The molecule has 0 bridgehead atoms. The summed E-state index contributed by atoms with van der Waals surface area (Å²) in [6, 6.07) is 2.48. The Morgan fingerprint density at radius 1 is 1.21 bits per heavy atom. The topological polar surface area (TPSA) is 115 Å². The average Bonchev–Trinajstić information content (AvgIpc) is 2.64. The van der Waals surface area contributed by atoms with E-state index in [2.05, 4.69) is 10.2 Å². The minimum atomic E-state index is -3.92. The first-order valence-corrected chi connectivity index (χ1v) is 7.29. The van der Waals surface area contributed by atoms with Gasteiger partial charge in [0.05, 0.1) is 26.3 Å². The molecule has 0 spiro atoms. The molecule has 0 aliphatic rings. The number of nitrogens with zero attached hydrogens (tertiary/aromatic N) is 1. The first-order chi connectivity index (χ1) is 8.75. The van der Waals surface area contributed by atoms with Crippen LogP contribution in [0.15, 0.2) is 21.9 Å². The molecule has 0 amide bonds. The second-order valence-corrected chi connectivity index (χ2v) is 6.54. The van der Waals surface area contributed by atoms with Crippen LogP contribution in [-0.4, -0.2) is 18.6 Å². The molecule has 0 saturated carbocycles. The number of nitrogens with two attached hydrogens (primary N) is 2. The monoisotopic (exact) mass is 320 g/mol. The molecule has 1 aromatic carbocycles. The summed E-state index contributed by atoms with van der Waals surface area (Å²) >= 11 is 11.7. The Balaban J connectivity index is 2.74. The summed E-state index contributed by atoms with van der Waals surface area (Å²) in [7, 11) is -3.92. The van der Waals surface area contributed by atoms with Crippen molar-refractivity contribution in [1.82, 2.24) is 10.2 Å². The van der Waals surface area contributed by atoms with Gasteiger partial charge in [-0.1, -0.05) is 23.2 Å². The van der Waals surface area contributed by atoms with Crippen molar-refractivity contribution in [1.29, 1.82) is 0 Å². The van der Waals surface area contributed by atoms with Gasteiger partial charge in [-0.05, 0) is 19.1 Å². The summed E-state index contributed by atoms with van der Waals surface area (Å²) in [5.74, 6) is -0.124. The quantitative estimate of drug-likeness (QED) is 0.732. The van der Waals surface area contributed by atoms with Gasteiger partial charge >= 0.3 is 0 Å². The lowest BCUT2D eigenvalue weighted by atomic mass is 10.3. The molecule has 0 atom stereocenters.